The van der Waals surface area contributed by atoms with Crippen molar-refractivity contribution in [2.75, 3.05) is 13.1 Å². The summed E-state index contributed by atoms with van der Waals surface area (Å²) in [6.07, 6.45) is 0.466. The van der Waals surface area contributed by atoms with Crippen LogP contribution in [-0.4, -0.2) is 32.6 Å². The lowest BCUT2D eigenvalue weighted by molar-refractivity contribution is 0.0944. The summed E-state index contributed by atoms with van der Waals surface area (Å²) in [6, 6.07) is 8.15. The molecule has 1 aromatic heterocycles. The predicted octanol–water partition coefficient (Wildman–Crippen LogP) is 1.39. The second-order valence-corrected chi connectivity index (χ2v) is 6.91. The van der Waals surface area contributed by atoms with Gasteiger partial charge in [-0.3, -0.25) is 4.79 Å². The lowest BCUT2D eigenvalue weighted by atomic mass is 10.2. The standard InChI is InChI=1S/C15H19N3O4S/c1-11-4-6-13(7-5-11)23(20,21)17-9-3-8-16-15(19)14-10-12(2)22-18-14/h4-7,10,17H,3,8-9H2,1-2H3,(H,16,19). The zero-order valence-corrected chi connectivity index (χ0v) is 13.8. The smallest absolute Gasteiger partial charge is 0.273 e. The molecule has 23 heavy (non-hydrogen) atoms. The Labute approximate surface area is 135 Å². The van der Waals surface area contributed by atoms with Gasteiger partial charge in [-0.05, 0) is 32.4 Å². The molecular weight excluding hydrogens is 318 g/mol. The van der Waals surface area contributed by atoms with E-state index in [0.717, 1.165) is 5.56 Å². The number of carbonyl (C=O) groups is 1. The van der Waals surface area contributed by atoms with E-state index < -0.39 is 10.0 Å². The molecule has 7 nitrogen and oxygen atoms in total. The number of carbonyl (C=O) groups excluding carboxylic acids is 1. The minimum absolute atomic E-state index is 0.211. The van der Waals surface area contributed by atoms with E-state index in [4.69, 9.17) is 4.52 Å². The van der Waals surface area contributed by atoms with Crippen LogP contribution in [0.4, 0.5) is 0 Å². The van der Waals surface area contributed by atoms with Crippen molar-refractivity contribution in [2.24, 2.45) is 0 Å². The quantitative estimate of drug-likeness (QED) is 0.744. The third-order valence-electron chi connectivity index (χ3n) is 3.12. The number of hydrogen-bond acceptors (Lipinski definition) is 5. The minimum atomic E-state index is -3.52. The van der Waals surface area contributed by atoms with Gasteiger partial charge in [0.25, 0.3) is 5.91 Å². The topological polar surface area (TPSA) is 101 Å². The highest BCUT2D eigenvalue weighted by Crippen LogP contribution is 2.09. The van der Waals surface area contributed by atoms with Gasteiger partial charge >= 0.3 is 0 Å². The molecule has 1 heterocycles. The fraction of sp³-hybridized carbons (Fsp3) is 0.333. The van der Waals surface area contributed by atoms with Gasteiger partial charge in [0.05, 0.1) is 4.90 Å². The molecule has 0 radical (unpaired) electrons. The van der Waals surface area contributed by atoms with Crippen LogP contribution in [0, 0.1) is 13.8 Å². The van der Waals surface area contributed by atoms with Crippen molar-refractivity contribution in [3.63, 3.8) is 0 Å². The molecule has 0 saturated heterocycles. The molecule has 2 rings (SSSR count). The Hall–Kier alpha value is -2.19. The van der Waals surface area contributed by atoms with E-state index in [-0.39, 0.29) is 23.0 Å². The van der Waals surface area contributed by atoms with E-state index in [0.29, 0.717) is 18.7 Å². The Morgan fingerprint density at radius 3 is 2.48 bits per heavy atom. The van der Waals surface area contributed by atoms with Gasteiger partial charge in [-0.1, -0.05) is 22.9 Å². The molecule has 0 aliphatic heterocycles. The van der Waals surface area contributed by atoms with Crippen LogP contribution in [0.15, 0.2) is 39.8 Å². The minimum Gasteiger partial charge on any atom is -0.361 e. The van der Waals surface area contributed by atoms with E-state index in [1.165, 1.54) is 6.07 Å². The SMILES string of the molecule is Cc1ccc(S(=O)(=O)NCCCNC(=O)c2cc(C)on2)cc1. The summed E-state index contributed by atoms with van der Waals surface area (Å²) < 4.78 is 31.4. The highest BCUT2D eigenvalue weighted by atomic mass is 32.2. The number of benzene rings is 1. The van der Waals surface area contributed by atoms with Crippen LogP contribution in [0.25, 0.3) is 0 Å². The maximum Gasteiger partial charge on any atom is 0.273 e. The van der Waals surface area contributed by atoms with E-state index >= 15 is 0 Å². The molecule has 2 aromatic rings. The third kappa shape index (κ3) is 4.90. The van der Waals surface area contributed by atoms with Crippen LogP contribution in [0.5, 0.6) is 0 Å². The zero-order valence-electron chi connectivity index (χ0n) is 13.0. The number of sulfonamides is 1. The van der Waals surface area contributed by atoms with Crippen molar-refractivity contribution in [2.45, 2.75) is 25.2 Å². The van der Waals surface area contributed by atoms with Gasteiger partial charge in [0.15, 0.2) is 5.69 Å². The second kappa shape index (κ2) is 7.38. The molecule has 1 amide bonds. The molecule has 0 unspecified atom stereocenters. The molecule has 0 atom stereocenters. The Morgan fingerprint density at radius 1 is 1.17 bits per heavy atom. The highest BCUT2D eigenvalue weighted by molar-refractivity contribution is 7.89. The second-order valence-electron chi connectivity index (χ2n) is 5.14. The van der Waals surface area contributed by atoms with Gasteiger partial charge in [0.1, 0.15) is 5.76 Å². The summed E-state index contributed by atoms with van der Waals surface area (Å²) in [4.78, 5) is 11.9. The van der Waals surface area contributed by atoms with Crippen molar-refractivity contribution in [1.29, 1.82) is 0 Å². The Morgan fingerprint density at radius 2 is 1.87 bits per heavy atom. The average Bonchev–Trinajstić information content (AvgIpc) is 2.94. The summed E-state index contributed by atoms with van der Waals surface area (Å²) in [5.41, 5.74) is 1.21. The van der Waals surface area contributed by atoms with E-state index in [9.17, 15) is 13.2 Å². The molecular formula is C15H19N3O4S. The van der Waals surface area contributed by atoms with E-state index in [1.807, 2.05) is 6.92 Å². The maximum absolute atomic E-state index is 12.0. The van der Waals surface area contributed by atoms with Crippen LogP contribution in [0.1, 0.15) is 28.2 Å². The monoisotopic (exact) mass is 337 g/mol. The predicted molar refractivity (Wildman–Crippen MR) is 84.6 cm³/mol. The Kier molecular flexibility index (Phi) is 5.51. The van der Waals surface area contributed by atoms with Crippen LogP contribution in [0.3, 0.4) is 0 Å². The zero-order chi connectivity index (χ0) is 16.9. The Balaban J connectivity index is 1.74. The van der Waals surface area contributed by atoms with Crippen LogP contribution in [-0.2, 0) is 10.0 Å². The fourth-order valence-electron chi connectivity index (χ4n) is 1.86. The van der Waals surface area contributed by atoms with Crippen molar-refractivity contribution in [3.8, 4) is 0 Å². The summed E-state index contributed by atoms with van der Waals surface area (Å²) in [5, 5.41) is 6.25. The number of aryl methyl sites for hydroxylation is 2. The molecule has 124 valence electrons. The van der Waals surface area contributed by atoms with Gasteiger partial charge in [-0.15, -0.1) is 0 Å². The molecule has 0 bridgehead atoms. The summed E-state index contributed by atoms with van der Waals surface area (Å²) in [7, 11) is -3.52. The molecule has 1 aromatic carbocycles. The molecule has 0 spiro atoms. The van der Waals surface area contributed by atoms with Crippen molar-refractivity contribution < 1.29 is 17.7 Å². The molecule has 2 N–H and O–H groups in total. The Bertz CT molecular complexity index is 766. The molecule has 0 fully saturated rings. The van der Waals surface area contributed by atoms with Gasteiger partial charge in [0, 0.05) is 19.2 Å². The number of amides is 1. The van der Waals surface area contributed by atoms with Crippen molar-refractivity contribution in [1.82, 2.24) is 15.2 Å². The first-order valence-corrected chi connectivity index (χ1v) is 8.64. The third-order valence-corrected chi connectivity index (χ3v) is 4.60. The summed E-state index contributed by atoms with van der Waals surface area (Å²) >= 11 is 0. The first kappa shape index (κ1) is 17.2. The van der Waals surface area contributed by atoms with Gasteiger partial charge in [-0.25, -0.2) is 13.1 Å². The number of rotatable bonds is 7. The number of nitrogens with one attached hydrogen (secondary N) is 2. The van der Waals surface area contributed by atoms with Gasteiger partial charge in [0.2, 0.25) is 10.0 Å². The maximum atomic E-state index is 12.0. The lowest BCUT2D eigenvalue weighted by Gasteiger charge is -2.07. The normalized spacial score (nSPS) is 11.4. The first-order chi connectivity index (χ1) is 10.9. The molecule has 0 saturated carbocycles. The van der Waals surface area contributed by atoms with Crippen molar-refractivity contribution >= 4 is 15.9 Å². The van der Waals surface area contributed by atoms with Crippen LogP contribution < -0.4 is 10.0 Å². The summed E-state index contributed by atoms with van der Waals surface area (Å²) in [5.74, 6) is 0.212. The molecule has 0 aliphatic carbocycles. The van der Waals surface area contributed by atoms with E-state index in [2.05, 4.69) is 15.2 Å². The van der Waals surface area contributed by atoms with Crippen LogP contribution in [0.2, 0.25) is 0 Å². The van der Waals surface area contributed by atoms with Crippen molar-refractivity contribution in [3.05, 3.63) is 47.3 Å². The number of aromatic nitrogens is 1. The summed E-state index contributed by atoms with van der Waals surface area (Å²) in [6.45, 7) is 4.15. The molecule has 0 aliphatic rings. The van der Waals surface area contributed by atoms with Crippen LogP contribution >= 0.6 is 0 Å². The van der Waals surface area contributed by atoms with Gasteiger partial charge < -0.3 is 9.84 Å². The highest BCUT2D eigenvalue weighted by Gasteiger charge is 2.13. The lowest BCUT2D eigenvalue weighted by Crippen LogP contribution is -2.30. The van der Waals surface area contributed by atoms with Gasteiger partial charge in [-0.2, -0.15) is 0 Å². The number of hydrogen-bond donors (Lipinski definition) is 2. The largest absolute Gasteiger partial charge is 0.361 e. The first-order valence-electron chi connectivity index (χ1n) is 7.16. The van der Waals surface area contributed by atoms with E-state index in [1.54, 1.807) is 31.2 Å². The number of nitrogens with zero attached hydrogens (tertiary/aromatic N) is 1. The molecule has 8 heteroatoms. The average molecular weight is 337 g/mol. The fourth-order valence-corrected chi connectivity index (χ4v) is 2.94.